The zero-order valence-corrected chi connectivity index (χ0v) is 18.7. The van der Waals surface area contributed by atoms with Gasteiger partial charge < -0.3 is 14.5 Å². The smallest absolute Gasteiger partial charge is 0.315 e. The first-order valence-corrected chi connectivity index (χ1v) is 12.0. The van der Waals surface area contributed by atoms with Crippen LogP contribution in [0.5, 0.6) is 0 Å². The molecule has 4 fully saturated rings. The summed E-state index contributed by atoms with van der Waals surface area (Å²) in [4.78, 5) is 16.9. The van der Waals surface area contributed by atoms with Crippen molar-refractivity contribution in [2.24, 2.45) is 23.2 Å². The fourth-order valence-corrected chi connectivity index (χ4v) is 6.91. The van der Waals surface area contributed by atoms with Gasteiger partial charge in [-0.15, -0.1) is 0 Å². The maximum atomic E-state index is 12.9. The van der Waals surface area contributed by atoms with E-state index in [4.69, 9.17) is 4.74 Å². The molecule has 2 aliphatic heterocycles. The van der Waals surface area contributed by atoms with Crippen LogP contribution < -0.4 is 9.80 Å². The highest BCUT2D eigenvalue weighted by atomic mass is 16.6. The first-order chi connectivity index (χ1) is 14.4. The molecule has 4 heteroatoms. The molecule has 1 N–H and O–H groups in total. The van der Waals surface area contributed by atoms with E-state index in [0.29, 0.717) is 11.8 Å². The first kappa shape index (κ1) is 20.1. The molecule has 0 radical (unpaired) electrons. The molecule has 0 bridgehead atoms. The monoisotopic (exact) mass is 409 g/mol. The highest BCUT2D eigenvalue weighted by Crippen LogP contribution is 2.56. The first-order valence-electron chi connectivity index (χ1n) is 12.0. The van der Waals surface area contributed by atoms with E-state index >= 15 is 0 Å². The maximum Gasteiger partial charge on any atom is 0.315 e. The molecule has 0 unspecified atom stereocenters. The fraction of sp³-hybridized carbons (Fsp3) is 0.654. The van der Waals surface area contributed by atoms with Crippen molar-refractivity contribution in [1.29, 1.82) is 0 Å². The Labute approximate surface area is 181 Å². The molecule has 0 amide bonds. The predicted molar refractivity (Wildman–Crippen MR) is 120 cm³/mol. The van der Waals surface area contributed by atoms with Crippen molar-refractivity contribution in [1.82, 2.24) is 0 Å². The molecule has 2 heterocycles. The van der Waals surface area contributed by atoms with Crippen molar-refractivity contribution in [3.8, 4) is 0 Å². The number of quaternary nitrogens is 1. The Morgan fingerprint density at radius 2 is 2.10 bits per heavy atom. The van der Waals surface area contributed by atoms with Gasteiger partial charge in [0.05, 0.1) is 32.7 Å². The zero-order valence-electron chi connectivity index (χ0n) is 18.7. The van der Waals surface area contributed by atoms with Crippen LogP contribution in [0.4, 0.5) is 5.69 Å². The van der Waals surface area contributed by atoms with E-state index in [1.165, 1.54) is 36.1 Å². The van der Waals surface area contributed by atoms with E-state index in [1.54, 1.807) is 4.90 Å². The molecule has 2 aliphatic carbocycles. The van der Waals surface area contributed by atoms with Gasteiger partial charge in [-0.05, 0) is 68.1 Å². The number of ether oxygens (including phenoxy) is 1. The average molecular weight is 410 g/mol. The molecule has 4 aliphatic rings. The summed E-state index contributed by atoms with van der Waals surface area (Å²) in [6.07, 6.45) is 5.97. The Morgan fingerprint density at radius 1 is 1.30 bits per heavy atom. The number of hydrogen-bond donors (Lipinski definition) is 1. The number of nitrogens with one attached hydrogen (secondary N) is 1. The molecule has 1 aromatic carbocycles. The summed E-state index contributed by atoms with van der Waals surface area (Å²) in [6.45, 7) is 14.3. The summed E-state index contributed by atoms with van der Waals surface area (Å²) in [5.74, 6) is 1.13. The Bertz CT molecular complexity index is 828. The SMILES string of the molecule is C=C1CCC[C@]2(C)C[C@H]3OC(=O)[C@H](C[NH+]4CCN(c5cccc(C)c5)CC4)[C@H]3C[C@H]12. The Balaban J connectivity index is 1.23. The van der Waals surface area contributed by atoms with Gasteiger partial charge in [-0.25, -0.2) is 0 Å². The molecule has 4 nitrogen and oxygen atoms in total. The second-order valence-corrected chi connectivity index (χ2v) is 10.7. The minimum absolute atomic E-state index is 0.0754. The maximum absolute atomic E-state index is 12.9. The van der Waals surface area contributed by atoms with Crippen molar-refractivity contribution in [3.63, 3.8) is 0 Å². The van der Waals surface area contributed by atoms with E-state index in [9.17, 15) is 4.79 Å². The van der Waals surface area contributed by atoms with Crippen molar-refractivity contribution in [3.05, 3.63) is 42.0 Å². The van der Waals surface area contributed by atoms with Gasteiger partial charge in [0.25, 0.3) is 0 Å². The minimum atomic E-state index is 0.0754. The summed E-state index contributed by atoms with van der Waals surface area (Å²) in [5, 5.41) is 0. The normalized spacial score (nSPS) is 36.9. The number of nitrogens with zero attached hydrogens (tertiary/aromatic N) is 1. The lowest BCUT2D eigenvalue weighted by Gasteiger charge is -2.50. The highest BCUT2D eigenvalue weighted by Gasteiger charge is 2.56. The van der Waals surface area contributed by atoms with Crippen molar-refractivity contribution in [2.45, 2.75) is 52.1 Å². The van der Waals surface area contributed by atoms with Gasteiger partial charge in [0.1, 0.15) is 12.0 Å². The van der Waals surface area contributed by atoms with E-state index in [1.807, 2.05) is 0 Å². The summed E-state index contributed by atoms with van der Waals surface area (Å²) in [5.41, 5.74) is 4.37. The van der Waals surface area contributed by atoms with Gasteiger partial charge in [0.2, 0.25) is 0 Å². The Hall–Kier alpha value is -1.81. The number of rotatable bonds is 3. The standard InChI is InChI=1S/C26H36N2O2/c1-18-6-4-8-20(14-18)28-12-10-27(11-13-28)17-22-21-15-23-19(2)7-5-9-26(23,3)16-24(21)30-25(22)29/h4,6,8,14,21-24H,2,5,7,9-13,15-17H2,1,3H3/p+1/t21-,22-,23-,24-,26-/m1/s1. The summed E-state index contributed by atoms with van der Waals surface area (Å²) in [7, 11) is 0. The molecule has 1 aromatic rings. The number of anilines is 1. The highest BCUT2D eigenvalue weighted by molar-refractivity contribution is 5.75. The van der Waals surface area contributed by atoms with Crippen molar-refractivity contribution in [2.75, 3.05) is 37.6 Å². The van der Waals surface area contributed by atoms with Gasteiger partial charge >= 0.3 is 5.97 Å². The second-order valence-electron chi connectivity index (χ2n) is 10.7. The molecule has 5 atom stereocenters. The number of carbonyl (C=O) groups is 1. The lowest BCUT2D eigenvalue weighted by molar-refractivity contribution is -0.903. The number of allylic oxidation sites excluding steroid dienone is 1. The lowest BCUT2D eigenvalue weighted by atomic mass is 9.55. The average Bonchev–Trinajstić information content (AvgIpc) is 3.01. The molecule has 0 spiro atoms. The van der Waals surface area contributed by atoms with Crippen LogP contribution in [-0.2, 0) is 9.53 Å². The largest absolute Gasteiger partial charge is 0.462 e. The van der Waals surface area contributed by atoms with Crippen LogP contribution in [0.2, 0.25) is 0 Å². The Kier molecular flexibility index (Phi) is 5.17. The molecule has 5 rings (SSSR count). The molecule has 2 saturated heterocycles. The third-order valence-electron chi connectivity index (χ3n) is 8.67. The number of piperazine rings is 1. The van der Waals surface area contributed by atoms with Crippen LogP contribution in [-0.4, -0.2) is 44.8 Å². The lowest BCUT2D eigenvalue weighted by Crippen LogP contribution is -3.15. The van der Waals surface area contributed by atoms with E-state index in [-0.39, 0.29) is 23.4 Å². The number of carbonyl (C=O) groups excluding carboxylic acids is 1. The van der Waals surface area contributed by atoms with Gasteiger partial charge in [0.15, 0.2) is 0 Å². The molecule has 30 heavy (non-hydrogen) atoms. The summed E-state index contributed by atoms with van der Waals surface area (Å²) < 4.78 is 5.98. The van der Waals surface area contributed by atoms with Gasteiger partial charge in [-0.3, -0.25) is 4.79 Å². The molecular weight excluding hydrogens is 372 g/mol. The summed E-state index contributed by atoms with van der Waals surface area (Å²) in [6, 6.07) is 8.80. The molecule has 2 saturated carbocycles. The number of hydrogen-bond acceptors (Lipinski definition) is 3. The topological polar surface area (TPSA) is 34.0 Å². The van der Waals surface area contributed by atoms with Crippen molar-refractivity contribution >= 4 is 11.7 Å². The number of fused-ring (bicyclic) bond motifs is 2. The van der Waals surface area contributed by atoms with Gasteiger partial charge in [-0.1, -0.05) is 31.2 Å². The van der Waals surface area contributed by atoms with Crippen LogP contribution in [0.3, 0.4) is 0 Å². The van der Waals surface area contributed by atoms with Gasteiger partial charge in [-0.2, -0.15) is 0 Å². The van der Waals surface area contributed by atoms with Crippen LogP contribution in [0.1, 0.15) is 44.6 Å². The van der Waals surface area contributed by atoms with E-state index in [0.717, 1.165) is 45.6 Å². The van der Waals surface area contributed by atoms with Crippen molar-refractivity contribution < 1.29 is 14.4 Å². The van der Waals surface area contributed by atoms with Crippen LogP contribution >= 0.6 is 0 Å². The molecule has 162 valence electrons. The number of aryl methyl sites for hydroxylation is 1. The zero-order chi connectivity index (χ0) is 20.9. The predicted octanol–water partition coefficient (Wildman–Crippen LogP) is 3.01. The van der Waals surface area contributed by atoms with E-state index in [2.05, 4.69) is 49.6 Å². The van der Waals surface area contributed by atoms with Gasteiger partial charge in [0, 0.05) is 11.6 Å². The third kappa shape index (κ3) is 3.57. The fourth-order valence-electron chi connectivity index (χ4n) is 6.91. The third-order valence-corrected chi connectivity index (χ3v) is 8.67. The quantitative estimate of drug-likeness (QED) is 0.616. The van der Waals surface area contributed by atoms with Crippen LogP contribution in [0, 0.1) is 30.1 Å². The molecular formula is C26H37N2O2+. The van der Waals surface area contributed by atoms with Crippen LogP contribution in [0.15, 0.2) is 36.4 Å². The second kappa shape index (κ2) is 7.71. The minimum Gasteiger partial charge on any atom is -0.462 e. The molecule has 0 aromatic heterocycles. The number of benzene rings is 1. The van der Waals surface area contributed by atoms with Crippen LogP contribution in [0.25, 0.3) is 0 Å². The Morgan fingerprint density at radius 3 is 2.87 bits per heavy atom. The summed E-state index contributed by atoms with van der Waals surface area (Å²) >= 11 is 0. The number of esters is 1. The van der Waals surface area contributed by atoms with E-state index < -0.39 is 0 Å².